The van der Waals surface area contributed by atoms with Crippen LogP contribution in [-0.2, 0) is 11.3 Å². The van der Waals surface area contributed by atoms with E-state index in [-0.39, 0.29) is 5.75 Å². The maximum atomic E-state index is 11.5. The highest BCUT2D eigenvalue weighted by Crippen LogP contribution is 2.80. The molecule has 0 heterocycles. The van der Waals surface area contributed by atoms with E-state index in [9.17, 15) is 9.90 Å². The van der Waals surface area contributed by atoms with Gasteiger partial charge < -0.3 is 15.2 Å². The first kappa shape index (κ1) is 15.7. The van der Waals surface area contributed by atoms with Crippen LogP contribution < -0.4 is 5.32 Å². The average Bonchev–Trinajstić information content (AvgIpc) is 2.91. The Morgan fingerprint density at radius 3 is 2.88 bits per heavy atom. The highest BCUT2D eigenvalue weighted by atomic mass is 16.5. The Kier molecular flexibility index (Phi) is 3.28. The molecule has 4 fully saturated rings. The summed E-state index contributed by atoms with van der Waals surface area (Å²) in [4.78, 5) is 11.5. The molecular formula is C21H27NO3. The fourth-order valence-electron chi connectivity index (χ4n) is 7.29. The molecule has 5 atom stereocenters. The largest absolute Gasteiger partial charge is 0.508 e. The topological polar surface area (TPSA) is 58.6 Å². The number of phenolic OH excluding ortho intramolecular Hbond substituents is 1. The number of esters is 1. The standard InChI is InChI=1S/C21H27NO3/c1-25-19(24)15-2-3-16(18(23)6-15)11-22-12-20-7-14-4-13-5-17(10-20)21(20,8-13)9-14/h2-3,6,13-14,17,22-23H,4-5,7-12H2,1H3. The number of carbonyl (C=O) groups is 1. The van der Waals surface area contributed by atoms with E-state index in [2.05, 4.69) is 5.32 Å². The van der Waals surface area contributed by atoms with E-state index in [4.69, 9.17) is 4.74 Å². The quantitative estimate of drug-likeness (QED) is 0.805. The van der Waals surface area contributed by atoms with E-state index < -0.39 is 5.97 Å². The minimum atomic E-state index is -0.415. The van der Waals surface area contributed by atoms with Crippen molar-refractivity contribution in [1.82, 2.24) is 5.32 Å². The van der Waals surface area contributed by atoms with E-state index in [1.165, 1.54) is 51.7 Å². The molecule has 4 nitrogen and oxygen atoms in total. The molecule has 4 saturated carbocycles. The zero-order chi connectivity index (χ0) is 17.2. The lowest BCUT2D eigenvalue weighted by Crippen LogP contribution is -2.56. The fraction of sp³-hybridized carbons (Fsp3) is 0.667. The molecule has 5 rings (SSSR count). The monoisotopic (exact) mass is 341 g/mol. The van der Waals surface area contributed by atoms with Crippen molar-refractivity contribution in [2.45, 2.75) is 45.1 Å². The molecule has 0 radical (unpaired) electrons. The summed E-state index contributed by atoms with van der Waals surface area (Å²) in [5, 5.41) is 13.8. The summed E-state index contributed by atoms with van der Waals surface area (Å²) in [6.45, 7) is 1.73. The van der Waals surface area contributed by atoms with Crippen LogP contribution in [0.4, 0.5) is 0 Å². The minimum Gasteiger partial charge on any atom is -0.508 e. The summed E-state index contributed by atoms with van der Waals surface area (Å²) in [5.74, 6) is 2.74. The number of fused-ring (bicyclic) bond motifs is 2. The molecule has 1 aromatic carbocycles. The van der Waals surface area contributed by atoms with Gasteiger partial charge in [-0.15, -0.1) is 0 Å². The Morgan fingerprint density at radius 2 is 2.08 bits per heavy atom. The van der Waals surface area contributed by atoms with Crippen LogP contribution in [-0.4, -0.2) is 24.7 Å². The van der Waals surface area contributed by atoms with Crippen molar-refractivity contribution in [3.8, 4) is 5.75 Å². The van der Waals surface area contributed by atoms with Crippen LogP contribution in [0.5, 0.6) is 5.75 Å². The van der Waals surface area contributed by atoms with Crippen LogP contribution in [0.3, 0.4) is 0 Å². The van der Waals surface area contributed by atoms with Gasteiger partial charge in [0.15, 0.2) is 0 Å². The lowest BCUT2D eigenvalue weighted by Gasteiger charge is -2.59. The summed E-state index contributed by atoms with van der Waals surface area (Å²) in [5.41, 5.74) is 2.42. The summed E-state index contributed by atoms with van der Waals surface area (Å²) in [6.07, 6.45) is 8.77. The van der Waals surface area contributed by atoms with E-state index in [0.29, 0.717) is 22.9 Å². The molecule has 4 aliphatic rings. The molecule has 1 aromatic rings. The van der Waals surface area contributed by atoms with Crippen molar-refractivity contribution in [2.24, 2.45) is 28.6 Å². The van der Waals surface area contributed by atoms with Gasteiger partial charge in [0.2, 0.25) is 0 Å². The van der Waals surface area contributed by atoms with E-state index in [1.807, 2.05) is 6.07 Å². The number of phenols is 1. The van der Waals surface area contributed by atoms with Gasteiger partial charge >= 0.3 is 5.97 Å². The molecule has 0 aromatic heterocycles. The summed E-state index contributed by atoms with van der Waals surface area (Å²) in [6, 6.07) is 5.05. The molecule has 2 N–H and O–H groups in total. The van der Waals surface area contributed by atoms with Gasteiger partial charge in [-0.3, -0.25) is 0 Å². The summed E-state index contributed by atoms with van der Waals surface area (Å²) >= 11 is 0. The smallest absolute Gasteiger partial charge is 0.337 e. The van der Waals surface area contributed by atoms with Gasteiger partial charge in [-0.05, 0) is 79.2 Å². The van der Waals surface area contributed by atoms with Crippen LogP contribution in [0, 0.1) is 28.6 Å². The normalized spacial score (nSPS) is 40.0. The van der Waals surface area contributed by atoms with E-state index in [0.717, 1.165) is 29.9 Å². The molecule has 4 aliphatic carbocycles. The van der Waals surface area contributed by atoms with Crippen LogP contribution in [0.2, 0.25) is 0 Å². The van der Waals surface area contributed by atoms with Crippen molar-refractivity contribution >= 4 is 5.97 Å². The predicted molar refractivity (Wildman–Crippen MR) is 94.2 cm³/mol. The fourth-order valence-corrected chi connectivity index (χ4v) is 7.29. The van der Waals surface area contributed by atoms with Crippen molar-refractivity contribution < 1.29 is 14.6 Å². The van der Waals surface area contributed by atoms with Gasteiger partial charge in [-0.2, -0.15) is 0 Å². The number of methoxy groups -OCH3 is 1. The van der Waals surface area contributed by atoms with Gasteiger partial charge in [-0.1, -0.05) is 6.07 Å². The zero-order valence-corrected chi connectivity index (χ0v) is 14.9. The Bertz CT molecular complexity index is 726. The molecule has 25 heavy (non-hydrogen) atoms. The maximum Gasteiger partial charge on any atom is 0.337 e. The number of hydrogen-bond acceptors (Lipinski definition) is 4. The first-order valence-electron chi connectivity index (χ1n) is 9.66. The third kappa shape index (κ3) is 2.06. The second kappa shape index (κ2) is 5.23. The second-order valence-corrected chi connectivity index (χ2v) is 9.09. The maximum absolute atomic E-state index is 11.5. The highest BCUT2D eigenvalue weighted by molar-refractivity contribution is 5.89. The van der Waals surface area contributed by atoms with Gasteiger partial charge in [0.05, 0.1) is 12.7 Å². The lowest BCUT2D eigenvalue weighted by molar-refractivity contribution is -0.0977. The number of hydrogen-bond donors (Lipinski definition) is 2. The zero-order valence-electron chi connectivity index (χ0n) is 14.9. The van der Waals surface area contributed by atoms with Gasteiger partial charge in [0.1, 0.15) is 5.75 Å². The van der Waals surface area contributed by atoms with Crippen molar-refractivity contribution in [2.75, 3.05) is 13.7 Å². The van der Waals surface area contributed by atoms with Crippen molar-refractivity contribution in [3.63, 3.8) is 0 Å². The molecular weight excluding hydrogens is 314 g/mol. The molecule has 4 heteroatoms. The first-order valence-corrected chi connectivity index (χ1v) is 9.66. The molecule has 1 spiro atoms. The van der Waals surface area contributed by atoms with Gasteiger partial charge in [-0.25, -0.2) is 4.79 Å². The van der Waals surface area contributed by atoms with E-state index in [1.54, 1.807) is 6.07 Å². The van der Waals surface area contributed by atoms with Crippen LogP contribution in [0.1, 0.15) is 54.4 Å². The molecule has 3 bridgehead atoms. The highest BCUT2D eigenvalue weighted by Gasteiger charge is 2.73. The number of carbonyl (C=O) groups excluding carboxylic acids is 1. The number of rotatable bonds is 5. The third-order valence-electron chi connectivity index (χ3n) is 8.03. The van der Waals surface area contributed by atoms with Crippen molar-refractivity contribution in [3.05, 3.63) is 29.3 Å². The summed E-state index contributed by atoms with van der Waals surface area (Å²) in [7, 11) is 1.35. The minimum absolute atomic E-state index is 0.170. The number of benzene rings is 1. The Balaban J connectivity index is 1.26. The van der Waals surface area contributed by atoms with Gasteiger partial charge in [0, 0.05) is 18.7 Å². The van der Waals surface area contributed by atoms with E-state index >= 15 is 0 Å². The lowest BCUT2D eigenvalue weighted by atomic mass is 9.46. The number of ether oxygens (including phenoxy) is 1. The Labute approximate surface area is 149 Å². The average molecular weight is 341 g/mol. The SMILES string of the molecule is COC(=O)c1ccc(CNCC23CC4CC5CC(C2)C3(C5)C4)c(O)c1. The molecule has 134 valence electrons. The Hall–Kier alpha value is -1.55. The predicted octanol–water partition coefficient (Wildman–Crippen LogP) is 3.48. The van der Waals surface area contributed by atoms with Gasteiger partial charge in [0.25, 0.3) is 0 Å². The van der Waals surface area contributed by atoms with Crippen LogP contribution >= 0.6 is 0 Å². The summed E-state index contributed by atoms with van der Waals surface area (Å²) < 4.78 is 4.70. The molecule has 0 amide bonds. The number of aromatic hydroxyl groups is 1. The second-order valence-electron chi connectivity index (χ2n) is 9.09. The first-order chi connectivity index (χ1) is 12.1. The van der Waals surface area contributed by atoms with Crippen LogP contribution in [0.25, 0.3) is 0 Å². The Morgan fingerprint density at radius 1 is 1.24 bits per heavy atom. The van der Waals surface area contributed by atoms with Crippen LogP contribution in [0.15, 0.2) is 18.2 Å². The molecule has 0 aliphatic heterocycles. The number of nitrogens with one attached hydrogen (secondary N) is 1. The molecule has 5 unspecified atom stereocenters. The molecule has 0 saturated heterocycles. The van der Waals surface area contributed by atoms with Crippen molar-refractivity contribution in [1.29, 1.82) is 0 Å². The third-order valence-corrected chi connectivity index (χ3v) is 8.03.